The number of hydrogen-bond acceptors (Lipinski definition) is 3. The van der Waals surface area contributed by atoms with E-state index in [4.69, 9.17) is 9.84 Å². The second-order valence-electron chi connectivity index (χ2n) is 2.84. The molecule has 0 saturated heterocycles. The van der Waals surface area contributed by atoms with Crippen molar-refractivity contribution in [2.75, 3.05) is 32.8 Å². The monoisotopic (exact) mass is 218 g/mol. The van der Waals surface area contributed by atoms with Crippen molar-refractivity contribution in [3.8, 4) is 0 Å². The highest BCUT2D eigenvalue weighted by atomic mass is 16.5. The molecule has 0 bridgehead atoms. The molecule has 0 radical (unpaired) electrons. The van der Waals surface area contributed by atoms with Crippen molar-refractivity contribution in [3.63, 3.8) is 0 Å². The summed E-state index contributed by atoms with van der Waals surface area (Å²) < 4.78 is 5.03. The number of hydrogen-bond donors (Lipinski definition) is 2. The second kappa shape index (κ2) is 8.05. The molecule has 0 aliphatic carbocycles. The Morgan fingerprint density at radius 3 is 2.53 bits per heavy atom. The largest absolute Gasteiger partial charge is 0.480 e. The molecule has 0 rings (SSSR count). The summed E-state index contributed by atoms with van der Waals surface area (Å²) in [5, 5.41) is 11.1. The zero-order valence-corrected chi connectivity index (χ0v) is 9.15. The van der Waals surface area contributed by atoms with Crippen LogP contribution in [0, 0.1) is 0 Å². The minimum atomic E-state index is -1.02. The van der Waals surface area contributed by atoms with Gasteiger partial charge in [0.25, 0.3) is 0 Å². The zero-order chi connectivity index (χ0) is 11.7. The van der Waals surface area contributed by atoms with Gasteiger partial charge in [0, 0.05) is 19.7 Å². The maximum Gasteiger partial charge on any atom is 0.323 e. The van der Waals surface area contributed by atoms with Gasteiger partial charge in [-0.15, -0.1) is 0 Å². The summed E-state index contributed by atoms with van der Waals surface area (Å²) in [7, 11) is 0. The molecule has 0 saturated carbocycles. The maximum atomic E-state index is 11.4. The Kier molecular flexibility index (Phi) is 7.35. The maximum absolute atomic E-state index is 11.4. The average molecular weight is 218 g/mol. The molecule has 0 aromatic carbocycles. The van der Waals surface area contributed by atoms with Crippen LogP contribution in [0.25, 0.3) is 0 Å². The SMILES string of the molecule is CCOCCNC(=O)N(CC)CC(=O)O. The molecule has 0 atom stereocenters. The number of carbonyl (C=O) groups excluding carboxylic acids is 1. The summed E-state index contributed by atoms with van der Waals surface area (Å²) >= 11 is 0. The molecule has 0 aromatic heterocycles. The van der Waals surface area contributed by atoms with Gasteiger partial charge in [-0.05, 0) is 13.8 Å². The highest BCUT2D eigenvalue weighted by Gasteiger charge is 2.13. The van der Waals surface area contributed by atoms with Crippen LogP contribution in [0.2, 0.25) is 0 Å². The van der Waals surface area contributed by atoms with Crippen LogP contribution < -0.4 is 5.32 Å². The highest BCUT2D eigenvalue weighted by Crippen LogP contribution is 1.88. The summed E-state index contributed by atoms with van der Waals surface area (Å²) in [6, 6.07) is -0.375. The highest BCUT2D eigenvalue weighted by molar-refractivity contribution is 5.79. The molecule has 0 unspecified atom stereocenters. The van der Waals surface area contributed by atoms with Crippen molar-refractivity contribution in [1.82, 2.24) is 10.2 Å². The molecule has 0 aliphatic rings. The molecule has 0 fully saturated rings. The quantitative estimate of drug-likeness (QED) is 0.596. The van der Waals surface area contributed by atoms with Crippen LogP contribution in [0.1, 0.15) is 13.8 Å². The first-order valence-corrected chi connectivity index (χ1v) is 4.94. The Morgan fingerprint density at radius 1 is 1.40 bits per heavy atom. The van der Waals surface area contributed by atoms with Gasteiger partial charge in [0.2, 0.25) is 0 Å². The number of amides is 2. The third kappa shape index (κ3) is 6.73. The van der Waals surface area contributed by atoms with Gasteiger partial charge in [-0.1, -0.05) is 0 Å². The van der Waals surface area contributed by atoms with Crippen molar-refractivity contribution >= 4 is 12.0 Å². The lowest BCUT2D eigenvalue weighted by Gasteiger charge is -2.18. The fraction of sp³-hybridized carbons (Fsp3) is 0.778. The van der Waals surface area contributed by atoms with E-state index in [-0.39, 0.29) is 12.6 Å². The van der Waals surface area contributed by atoms with Gasteiger partial charge in [0.05, 0.1) is 6.61 Å². The lowest BCUT2D eigenvalue weighted by molar-refractivity contribution is -0.137. The van der Waals surface area contributed by atoms with E-state index in [0.29, 0.717) is 26.3 Å². The second-order valence-corrected chi connectivity index (χ2v) is 2.84. The van der Waals surface area contributed by atoms with Gasteiger partial charge in [-0.2, -0.15) is 0 Å². The molecule has 0 aliphatic heterocycles. The van der Waals surface area contributed by atoms with E-state index in [1.165, 1.54) is 4.90 Å². The number of nitrogens with one attached hydrogen (secondary N) is 1. The third-order valence-corrected chi connectivity index (χ3v) is 1.72. The number of urea groups is 1. The fourth-order valence-electron chi connectivity index (χ4n) is 0.977. The summed E-state index contributed by atoms with van der Waals surface area (Å²) in [5.41, 5.74) is 0. The van der Waals surface area contributed by atoms with Crippen LogP contribution in [-0.4, -0.2) is 54.9 Å². The molecular weight excluding hydrogens is 200 g/mol. The van der Waals surface area contributed by atoms with Gasteiger partial charge in [0.1, 0.15) is 6.54 Å². The average Bonchev–Trinajstić information content (AvgIpc) is 2.20. The molecule has 0 heterocycles. The Hall–Kier alpha value is -1.30. The molecular formula is C9H18N2O4. The Labute approximate surface area is 89.2 Å². The van der Waals surface area contributed by atoms with Crippen LogP contribution in [-0.2, 0) is 9.53 Å². The van der Waals surface area contributed by atoms with E-state index >= 15 is 0 Å². The van der Waals surface area contributed by atoms with Crippen molar-refractivity contribution in [2.45, 2.75) is 13.8 Å². The van der Waals surface area contributed by atoms with Crippen LogP contribution in [0.3, 0.4) is 0 Å². The third-order valence-electron chi connectivity index (χ3n) is 1.72. The first-order chi connectivity index (χ1) is 7.11. The lowest BCUT2D eigenvalue weighted by Crippen LogP contribution is -2.43. The minimum Gasteiger partial charge on any atom is -0.480 e. The molecule has 0 aromatic rings. The first kappa shape index (κ1) is 13.7. The molecule has 0 spiro atoms. The van der Waals surface area contributed by atoms with Crippen LogP contribution in [0.5, 0.6) is 0 Å². The van der Waals surface area contributed by atoms with Gasteiger partial charge >= 0.3 is 12.0 Å². The van der Waals surface area contributed by atoms with Crippen LogP contribution in [0.15, 0.2) is 0 Å². The van der Waals surface area contributed by atoms with Crippen molar-refractivity contribution < 1.29 is 19.4 Å². The Balaban J connectivity index is 3.78. The number of ether oxygens (including phenoxy) is 1. The van der Waals surface area contributed by atoms with Gasteiger partial charge < -0.3 is 20.1 Å². The van der Waals surface area contributed by atoms with Gasteiger partial charge in [0.15, 0.2) is 0 Å². The fourth-order valence-corrected chi connectivity index (χ4v) is 0.977. The smallest absolute Gasteiger partial charge is 0.323 e. The Bertz CT molecular complexity index is 208. The predicted molar refractivity (Wildman–Crippen MR) is 54.8 cm³/mol. The van der Waals surface area contributed by atoms with Crippen molar-refractivity contribution in [3.05, 3.63) is 0 Å². The van der Waals surface area contributed by atoms with E-state index in [2.05, 4.69) is 5.32 Å². The van der Waals surface area contributed by atoms with Gasteiger partial charge in [-0.3, -0.25) is 4.79 Å². The Morgan fingerprint density at radius 2 is 2.07 bits per heavy atom. The molecule has 2 N–H and O–H groups in total. The van der Waals surface area contributed by atoms with Gasteiger partial charge in [-0.25, -0.2) is 4.79 Å². The number of aliphatic carboxylic acids is 1. The lowest BCUT2D eigenvalue weighted by atomic mass is 10.5. The predicted octanol–water partition coefficient (Wildman–Crippen LogP) is 0.139. The molecule has 6 nitrogen and oxygen atoms in total. The number of nitrogens with zero attached hydrogens (tertiary/aromatic N) is 1. The van der Waals surface area contributed by atoms with E-state index < -0.39 is 5.97 Å². The molecule has 2 amide bonds. The van der Waals surface area contributed by atoms with E-state index in [9.17, 15) is 9.59 Å². The van der Waals surface area contributed by atoms with E-state index in [0.717, 1.165) is 0 Å². The minimum absolute atomic E-state index is 0.281. The number of carbonyl (C=O) groups is 2. The van der Waals surface area contributed by atoms with E-state index in [1.54, 1.807) is 6.92 Å². The van der Waals surface area contributed by atoms with Crippen molar-refractivity contribution in [2.24, 2.45) is 0 Å². The van der Waals surface area contributed by atoms with Crippen molar-refractivity contribution in [1.29, 1.82) is 0 Å². The van der Waals surface area contributed by atoms with E-state index in [1.807, 2.05) is 6.92 Å². The number of rotatable bonds is 7. The number of carboxylic acid groups (broad SMARTS) is 1. The molecule has 6 heteroatoms. The number of likely N-dealkylation sites (N-methyl/N-ethyl adjacent to an activating group) is 1. The molecule has 15 heavy (non-hydrogen) atoms. The summed E-state index contributed by atoms with van der Waals surface area (Å²) in [4.78, 5) is 23.0. The van der Waals surface area contributed by atoms with Crippen LogP contribution >= 0.6 is 0 Å². The topological polar surface area (TPSA) is 78.9 Å². The standard InChI is InChI=1S/C9H18N2O4/c1-3-11(7-8(12)13)9(14)10-5-6-15-4-2/h3-7H2,1-2H3,(H,10,14)(H,12,13). The number of carboxylic acids is 1. The summed E-state index contributed by atoms with van der Waals surface area (Å²) in [6.45, 7) is 5.11. The van der Waals surface area contributed by atoms with Crippen LogP contribution in [0.4, 0.5) is 4.79 Å². The molecule has 88 valence electrons. The summed E-state index contributed by atoms with van der Waals surface area (Å²) in [6.07, 6.45) is 0. The first-order valence-electron chi connectivity index (χ1n) is 4.94. The normalized spacial score (nSPS) is 9.73. The summed E-state index contributed by atoms with van der Waals surface area (Å²) in [5.74, 6) is -1.02. The zero-order valence-electron chi connectivity index (χ0n) is 9.15.